The molecule has 1 aromatic carbocycles. The zero-order chi connectivity index (χ0) is 10.1. The molecule has 1 aromatic heterocycles. The number of fused-ring (bicyclic) bond motifs is 1. The van der Waals surface area contributed by atoms with Crippen LogP contribution in [0.3, 0.4) is 0 Å². The molecule has 0 radical (unpaired) electrons. The molecule has 2 aromatic rings. The van der Waals surface area contributed by atoms with E-state index < -0.39 is 0 Å². The van der Waals surface area contributed by atoms with Crippen molar-refractivity contribution in [1.82, 2.24) is 4.98 Å². The van der Waals surface area contributed by atoms with Crippen LogP contribution < -0.4 is 0 Å². The Morgan fingerprint density at radius 2 is 2.29 bits per heavy atom. The lowest BCUT2D eigenvalue weighted by Crippen LogP contribution is -1.95. The van der Waals surface area contributed by atoms with Crippen LogP contribution in [-0.4, -0.2) is 10.8 Å². The van der Waals surface area contributed by atoms with Crippen molar-refractivity contribution >= 4 is 32.6 Å². The van der Waals surface area contributed by atoms with E-state index >= 15 is 0 Å². The molecule has 0 unspecified atom stereocenters. The molecule has 3 heteroatoms. The number of hydrogen-bond acceptors (Lipinski definition) is 1. The monoisotopic (exact) mass is 251 g/mol. The minimum Gasteiger partial charge on any atom is -0.358 e. The second-order valence-electron chi connectivity index (χ2n) is 3.37. The maximum atomic E-state index is 10.9. The van der Waals surface area contributed by atoms with Crippen LogP contribution in [0.25, 0.3) is 10.9 Å². The highest BCUT2D eigenvalue weighted by atomic mass is 79.9. The topological polar surface area (TPSA) is 32.9 Å². The quantitative estimate of drug-likeness (QED) is 0.875. The number of aromatic amines is 1. The van der Waals surface area contributed by atoms with Gasteiger partial charge in [0.15, 0.2) is 0 Å². The lowest BCUT2D eigenvalue weighted by molar-refractivity contribution is -0.116. The largest absolute Gasteiger partial charge is 0.358 e. The molecule has 2 nitrogen and oxygen atoms in total. The van der Waals surface area contributed by atoms with E-state index in [0.29, 0.717) is 6.42 Å². The highest BCUT2D eigenvalue weighted by molar-refractivity contribution is 9.10. The van der Waals surface area contributed by atoms with Crippen molar-refractivity contribution in [2.75, 3.05) is 0 Å². The zero-order valence-electron chi connectivity index (χ0n) is 7.80. The number of benzene rings is 1. The van der Waals surface area contributed by atoms with Crippen LogP contribution in [-0.2, 0) is 11.2 Å². The van der Waals surface area contributed by atoms with Crippen molar-refractivity contribution in [1.29, 1.82) is 0 Å². The number of carbonyl (C=O) groups excluding carboxylic acids is 1. The molecule has 72 valence electrons. The number of halogens is 1. The number of carbonyl (C=O) groups is 1. The fourth-order valence-corrected chi connectivity index (χ4v) is 2.02. The number of rotatable bonds is 2. The molecule has 0 spiro atoms. The second kappa shape index (κ2) is 3.58. The summed E-state index contributed by atoms with van der Waals surface area (Å²) in [5, 5.41) is 1.13. The van der Waals surface area contributed by atoms with E-state index in [1.807, 2.05) is 24.3 Å². The summed E-state index contributed by atoms with van der Waals surface area (Å²) in [6.45, 7) is 1.60. The number of nitrogens with one attached hydrogen (secondary N) is 1. The lowest BCUT2D eigenvalue weighted by atomic mass is 10.2. The Morgan fingerprint density at radius 1 is 1.50 bits per heavy atom. The van der Waals surface area contributed by atoms with Gasteiger partial charge >= 0.3 is 0 Å². The number of H-pyrrole nitrogens is 1. The number of hydrogen-bond donors (Lipinski definition) is 1. The maximum absolute atomic E-state index is 10.9. The number of aromatic nitrogens is 1. The average molecular weight is 252 g/mol. The standard InChI is InChI=1S/C11H10BrNO/c1-7(14)5-8-6-9-10(12)3-2-4-11(9)13-8/h2-4,6,13H,5H2,1H3. The lowest BCUT2D eigenvalue weighted by Gasteiger charge is -1.90. The molecule has 1 N–H and O–H groups in total. The predicted octanol–water partition coefficient (Wildman–Crippen LogP) is 3.06. The molecule has 0 fully saturated rings. The van der Waals surface area contributed by atoms with Gasteiger partial charge < -0.3 is 4.98 Å². The van der Waals surface area contributed by atoms with Gasteiger partial charge in [0.05, 0.1) is 0 Å². The predicted molar refractivity (Wildman–Crippen MR) is 60.4 cm³/mol. The molecule has 0 aliphatic heterocycles. The summed E-state index contributed by atoms with van der Waals surface area (Å²) >= 11 is 3.47. The average Bonchev–Trinajstić information content (AvgIpc) is 2.47. The second-order valence-corrected chi connectivity index (χ2v) is 4.23. The van der Waals surface area contributed by atoms with Crippen molar-refractivity contribution in [3.8, 4) is 0 Å². The molecular weight excluding hydrogens is 242 g/mol. The van der Waals surface area contributed by atoms with Crippen molar-refractivity contribution in [3.63, 3.8) is 0 Å². The molecule has 0 bridgehead atoms. The minimum atomic E-state index is 0.174. The van der Waals surface area contributed by atoms with Gasteiger partial charge in [0.2, 0.25) is 0 Å². The summed E-state index contributed by atoms with van der Waals surface area (Å²) in [5.74, 6) is 0.174. The summed E-state index contributed by atoms with van der Waals surface area (Å²) in [7, 11) is 0. The third kappa shape index (κ3) is 1.73. The van der Waals surface area contributed by atoms with Gasteiger partial charge in [-0.15, -0.1) is 0 Å². The zero-order valence-corrected chi connectivity index (χ0v) is 9.39. The van der Waals surface area contributed by atoms with Crippen LogP contribution in [0, 0.1) is 0 Å². The van der Waals surface area contributed by atoms with Crippen LogP contribution >= 0.6 is 15.9 Å². The van der Waals surface area contributed by atoms with Gasteiger partial charge in [0.1, 0.15) is 5.78 Å². The third-order valence-corrected chi connectivity index (χ3v) is 2.80. The number of Topliss-reactive ketones (excluding diaryl/α,β-unsaturated/α-hetero) is 1. The Bertz CT molecular complexity index is 487. The summed E-state index contributed by atoms with van der Waals surface area (Å²) < 4.78 is 1.06. The fraction of sp³-hybridized carbons (Fsp3) is 0.182. The van der Waals surface area contributed by atoms with E-state index in [1.165, 1.54) is 0 Å². The van der Waals surface area contributed by atoms with Gasteiger partial charge in [-0.2, -0.15) is 0 Å². The Hall–Kier alpha value is -1.09. The molecule has 0 atom stereocenters. The first-order valence-corrected chi connectivity index (χ1v) is 5.21. The Labute approximate surface area is 90.4 Å². The van der Waals surface area contributed by atoms with Crippen LogP contribution in [0.1, 0.15) is 12.6 Å². The summed E-state index contributed by atoms with van der Waals surface area (Å²) in [5.41, 5.74) is 2.04. The highest BCUT2D eigenvalue weighted by Gasteiger charge is 2.04. The van der Waals surface area contributed by atoms with E-state index in [2.05, 4.69) is 20.9 Å². The summed E-state index contributed by atoms with van der Waals surface area (Å²) in [4.78, 5) is 14.2. The van der Waals surface area contributed by atoms with Crippen LogP contribution in [0.4, 0.5) is 0 Å². The first-order chi connectivity index (χ1) is 6.66. The molecule has 0 saturated heterocycles. The molecule has 1 heterocycles. The van der Waals surface area contributed by atoms with Crippen molar-refractivity contribution in [3.05, 3.63) is 34.4 Å². The van der Waals surface area contributed by atoms with Crippen LogP contribution in [0.5, 0.6) is 0 Å². The van der Waals surface area contributed by atoms with E-state index in [-0.39, 0.29) is 5.78 Å². The number of ketones is 1. The van der Waals surface area contributed by atoms with Crippen molar-refractivity contribution < 1.29 is 4.79 Å². The van der Waals surface area contributed by atoms with Gasteiger partial charge in [-0.1, -0.05) is 22.0 Å². The molecular formula is C11H10BrNO. The van der Waals surface area contributed by atoms with Gasteiger partial charge in [-0.05, 0) is 25.1 Å². The Balaban J connectivity index is 2.51. The Morgan fingerprint density at radius 3 is 2.93 bits per heavy atom. The minimum absolute atomic E-state index is 0.174. The summed E-state index contributed by atoms with van der Waals surface area (Å²) in [6, 6.07) is 7.98. The SMILES string of the molecule is CC(=O)Cc1cc2c(Br)cccc2[nH]1. The van der Waals surface area contributed by atoms with Gasteiger partial charge in [-0.25, -0.2) is 0 Å². The van der Waals surface area contributed by atoms with E-state index in [1.54, 1.807) is 6.92 Å². The Kier molecular flexibility index (Phi) is 2.42. The first kappa shape index (κ1) is 9.46. The van der Waals surface area contributed by atoms with E-state index in [9.17, 15) is 4.79 Å². The first-order valence-electron chi connectivity index (χ1n) is 4.42. The smallest absolute Gasteiger partial charge is 0.135 e. The molecule has 0 aliphatic carbocycles. The highest BCUT2D eigenvalue weighted by Crippen LogP contribution is 2.24. The molecule has 0 saturated carbocycles. The fourth-order valence-electron chi connectivity index (χ4n) is 1.54. The van der Waals surface area contributed by atoms with Crippen molar-refractivity contribution in [2.45, 2.75) is 13.3 Å². The van der Waals surface area contributed by atoms with E-state index in [4.69, 9.17) is 0 Å². The molecule has 0 aliphatic rings. The van der Waals surface area contributed by atoms with Crippen molar-refractivity contribution in [2.24, 2.45) is 0 Å². The third-order valence-electron chi connectivity index (χ3n) is 2.11. The summed E-state index contributed by atoms with van der Waals surface area (Å²) in [6.07, 6.45) is 0.473. The van der Waals surface area contributed by atoms with Gasteiger partial charge in [0.25, 0.3) is 0 Å². The van der Waals surface area contributed by atoms with Crippen LogP contribution in [0.15, 0.2) is 28.7 Å². The van der Waals surface area contributed by atoms with E-state index in [0.717, 1.165) is 21.1 Å². The van der Waals surface area contributed by atoms with Gasteiger partial charge in [0, 0.05) is 27.5 Å². The molecule has 0 amide bonds. The van der Waals surface area contributed by atoms with Crippen LogP contribution in [0.2, 0.25) is 0 Å². The molecule has 14 heavy (non-hydrogen) atoms. The normalized spacial score (nSPS) is 10.7. The maximum Gasteiger partial charge on any atom is 0.135 e. The molecule has 2 rings (SSSR count). The van der Waals surface area contributed by atoms with Gasteiger partial charge in [-0.3, -0.25) is 4.79 Å².